The van der Waals surface area contributed by atoms with E-state index in [1.807, 2.05) is 55.4 Å². The fourth-order valence-electron chi connectivity index (χ4n) is 4.31. The van der Waals surface area contributed by atoms with Crippen LogP contribution in [0.1, 0.15) is 38.3 Å². The Morgan fingerprint density at radius 3 is 2.20 bits per heavy atom. The molecule has 0 saturated carbocycles. The normalized spacial score (nSPS) is 13.7. The quantitative estimate of drug-likeness (QED) is 0.305. The second kappa shape index (κ2) is 13.4. The number of aromatic nitrogens is 1. The molecule has 0 unspecified atom stereocenters. The van der Waals surface area contributed by atoms with Gasteiger partial charge in [0.05, 0.1) is 18.1 Å². The molecule has 0 aliphatic rings. The molecular weight excluding hydrogens is 513 g/mol. The van der Waals surface area contributed by atoms with Gasteiger partial charge in [0, 0.05) is 25.9 Å². The highest BCUT2D eigenvalue weighted by Gasteiger charge is 2.30. The number of amides is 1. The molecule has 0 bridgehead atoms. The third kappa shape index (κ3) is 9.05. The summed E-state index contributed by atoms with van der Waals surface area (Å²) in [6, 6.07) is 16.7. The van der Waals surface area contributed by atoms with Gasteiger partial charge in [-0.2, -0.15) is 0 Å². The summed E-state index contributed by atoms with van der Waals surface area (Å²) in [5, 5.41) is 23.7. The molecule has 40 heavy (non-hydrogen) atoms. The van der Waals surface area contributed by atoms with Crippen molar-refractivity contribution in [2.45, 2.75) is 57.8 Å². The Morgan fingerprint density at radius 2 is 1.65 bits per heavy atom. The molecule has 3 rings (SSSR count). The number of aliphatic hydroxyl groups is 1. The first-order valence-electron chi connectivity index (χ1n) is 13.2. The van der Waals surface area contributed by atoms with Gasteiger partial charge in [-0.05, 0) is 74.9 Å². The molecule has 0 aliphatic heterocycles. The lowest BCUT2D eigenvalue weighted by Gasteiger charge is -2.28. The van der Waals surface area contributed by atoms with Gasteiger partial charge in [-0.3, -0.25) is 4.79 Å². The van der Waals surface area contributed by atoms with E-state index in [1.54, 1.807) is 33.0 Å². The number of nitrogens with one attached hydrogen (secondary N) is 1. The largest absolute Gasteiger partial charge is 0.481 e. The number of aliphatic carboxylic acids is 1. The Hall–Kier alpha value is -3.98. The highest BCUT2D eigenvalue weighted by molar-refractivity contribution is 5.71. The van der Waals surface area contributed by atoms with Crippen molar-refractivity contribution in [3.05, 3.63) is 83.8 Å². The van der Waals surface area contributed by atoms with Crippen molar-refractivity contribution in [1.29, 1.82) is 0 Å². The van der Waals surface area contributed by atoms with Crippen LogP contribution in [0.3, 0.4) is 0 Å². The van der Waals surface area contributed by atoms with Crippen LogP contribution in [-0.4, -0.2) is 59.1 Å². The van der Waals surface area contributed by atoms with E-state index in [4.69, 9.17) is 4.74 Å². The molecule has 0 aliphatic carbocycles. The number of carboxylic acids is 1. The molecule has 2 aromatic carbocycles. The summed E-state index contributed by atoms with van der Waals surface area (Å²) in [5.74, 6) is -1.87. The summed E-state index contributed by atoms with van der Waals surface area (Å²) in [6.45, 7) is 5.18. The van der Waals surface area contributed by atoms with E-state index in [-0.39, 0.29) is 24.8 Å². The minimum Gasteiger partial charge on any atom is -0.481 e. The average molecular weight is 552 g/mol. The van der Waals surface area contributed by atoms with Gasteiger partial charge < -0.3 is 25.2 Å². The first kappa shape index (κ1) is 30.6. The molecular formula is C31H38FN3O5. The smallest absolute Gasteiger partial charge is 0.407 e. The lowest BCUT2D eigenvalue weighted by atomic mass is 9.89. The number of rotatable bonds is 11. The van der Waals surface area contributed by atoms with Crippen LogP contribution >= 0.6 is 0 Å². The van der Waals surface area contributed by atoms with Gasteiger partial charge in [-0.15, -0.1) is 0 Å². The van der Waals surface area contributed by atoms with Crippen LogP contribution in [0.5, 0.6) is 0 Å². The minimum absolute atomic E-state index is 0.0897. The Kier molecular flexibility index (Phi) is 10.2. The number of carbonyl (C=O) groups is 2. The molecule has 214 valence electrons. The molecule has 8 nitrogen and oxygen atoms in total. The molecule has 0 spiro atoms. The number of benzene rings is 2. The molecule has 9 heteroatoms. The predicted molar refractivity (Wildman–Crippen MR) is 153 cm³/mol. The number of anilines is 1. The number of nitrogens with zero attached hydrogens (tertiary/aromatic N) is 2. The third-order valence-electron chi connectivity index (χ3n) is 6.41. The molecule has 3 atom stereocenters. The number of carbonyl (C=O) groups excluding carboxylic acids is 1. The van der Waals surface area contributed by atoms with Crippen LogP contribution in [0, 0.1) is 11.7 Å². The van der Waals surface area contributed by atoms with E-state index >= 15 is 0 Å². The second-order valence-corrected chi connectivity index (χ2v) is 11.1. The zero-order chi connectivity index (χ0) is 29.4. The van der Waals surface area contributed by atoms with Crippen molar-refractivity contribution >= 4 is 17.9 Å². The first-order valence-corrected chi connectivity index (χ1v) is 13.2. The number of alkyl carbamates (subject to hydrolysis) is 1. The maximum Gasteiger partial charge on any atom is 0.407 e. The number of ether oxygens (including phenoxy) is 1. The van der Waals surface area contributed by atoms with Gasteiger partial charge in [-0.1, -0.05) is 42.5 Å². The standard InChI is InChI=1S/C31H38FN3O5/c1-31(2,3)40-30(39)34-26(27(36)18-24(29(37)38)17-22-8-6-7-9-25(22)32)16-20-10-12-21(13-11-20)23-14-15-28(33-19-23)35(4)5/h6-15,19,24,26-27,36H,16-18H2,1-5H3,(H,34,39)(H,37,38)/t24-,26+,27+/m1/s1. The summed E-state index contributed by atoms with van der Waals surface area (Å²) in [7, 11) is 3.84. The summed E-state index contributed by atoms with van der Waals surface area (Å²) < 4.78 is 19.6. The Morgan fingerprint density at radius 1 is 1.00 bits per heavy atom. The predicted octanol–water partition coefficient (Wildman–Crippen LogP) is 5.08. The van der Waals surface area contributed by atoms with Crippen molar-refractivity contribution < 1.29 is 28.9 Å². The van der Waals surface area contributed by atoms with Crippen LogP contribution in [0.2, 0.25) is 0 Å². The zero-order valence-corrected chi connectivity index (χ0v) is 23.6. The molecule has 0 saturated heterocycles. The van der Waals surface area contributed by atoms with Gasteiger partial charge in [0.15, 0.2) is 0 Å². The number of hydrogen-bond acceptors (Lipinski definition) is 6. The highest BCUT2D eigenvalue weighted by Crippen LogP contribution is 2.23. The van der Waals surface area contributed by atoms with Gasteiger partial charge in [-0.25, -0.2) is 14.2 Å². The number of pyridine rings is 1. The van der Waals surface area contributed by atoms with Gasteiger partial charge in [0.25, 0.3) is 0 Å². The zero-order valence-electron chi connectivity index (χ0n) is 23.6. The molecule has 3 aromatic rings. The van der Waals surface area contributed by atoms with E-state index in [9.17, 15) is 24.2 Å². The maximum atomic E-state index is 14.2. The van der Waals surface area contributed by atoms with E-state index in [0.29, 0.717) is 0 Å². The third-order valence-corrected chi connectivity index (χ3v) is 6.41. The van der Waals surface area contributed by atoms with Crippen LogP contribution in [0.15, 0.2) is 66.9 Å². The summed E-state index contributed by atoms with van der Waals surface area (Å²) in [6.07, 6.45) is -0.212. The van der Waals surface area contributed by atoms with E-state index < -0.39 is 41.5 Å². The van der Waals surface area contributed by atoms with Crippen molar-refractivity contribution in [1.82, 2.24) is 10.3 Å². The molecule has 1 heterocycles. The van der Waals surface area contributed by atoms with Crippen LogP contribution in [0.4, 0.5) is 15.0 Å². The van der Waals surface area contributed by atoms with E-state index in [1.165, 1.54) is 18.2 Å². The molecule has 0 fully saturated rings. The lowest BCUT2D eigenvalue weighted by molar-refractivity contribution is -0.143. The number of hydrogen-bond donors (Lipinski definition) is 3. The maximum absolute atomic E-state index is 14.2. The van der Waals surface area contributed by atoms with Gasteiger partial charge in [0.2, 0.25) is 0 Å². The molecule has 1 aromatic heterocycles. The summed E-state index contributed by atoms with van der Waals surface area (Å²) >= 11 is 0. The number of aliphatic hydroxyl groups excluding tert-OH is 1. The summed E-state index contributed by atoms with van der Waals surface area (Å²) in [4.78, 5) is 31.0. The Balaban J connectivity index is 1.78. The monoisotopic (exact) mass is 551 g/mol. The second-order valence-electron chi connectivity index (χ2n) is 11.1. The SMILES string of the molecule is CN(C)c1ccc(-c2ccc(C[C@H](NC(=O)OC(C)(C)C)[C@@H](O)C[C@@H](Cc3ccccc3F)C(=O)O)cc2)cn1. The van der Waals surface area contributed by atoms with E-state index in [2.05, 4.69) is 10.3 Å². The molecule has 0 radical (unpaired) electrons. The first-order chi connectivity index (χ1) is 18.8. The van der Waals surface area contributed by atoms with Crippen molar-refractivity contribution in [2.24, 2.45) is 5.92 Å². The number of carboxylic acid groups (broad SMARTS) is 1. The van der Waals surface area contributed by atoms with Crippen molar-refractivity contribution in [3.63, 3.8) is 0 Å². The fourth-order valence-corrected chi connectivity index (χ4v) is 4.31. The van der Waals surface area contributed by atoms with Crippen LogP contribution in [0.25, 0.3) is 11.1 Å². The molecule has 1 amide bonds. The molecule has 3 N–H and O–H groups in total. The van der Waals surface area contributed by atoms with Crippen LogP contribution < -0.4 is 10.2 Å². The van der Waals surface area contributed by atoms with Crippen molar-refractivity contribution in [3.8, 4) is 11.1 Å². The van der Waals surface area contributed by atoms with Crippen LogP contribution in [-0.2, 0) is 22.4 Å². The summed E-state index contributed by atoms with van der Waals surface area (Å²) in [5.41, 5.74) is 2.21. The highest BCUT2D eigenvalue weighted by atomic mass is 19.1. The Bertz CT molecular complexity index is 1270. The minimum atomic E-state index is -1.23. The lowest BCUT2D eigenvalue weighted by Crippen LogP contribution is -2.47. The number of halogens is 1. The topological polar surface area (TPSA) is 112 Å². The van der Waals surface area contributed by atoms with Gasteiger partial charge >= 0.3 is 12.1 Å². The van der Waals surface area contributed by atoms with Gasteiger partial charge in [0.1, 0.15) is 17.2 Å². The Labute approximate surface area is 234 Å². The van der Waals surface area contributed by atoms with E-state index in [0.717, 1.165) is 22.5 Å². The fraction of sp³-hybridized carbons (Fsp3) is 0.387. The average Bonchev–Trinajstić information content (AvgIpc) is 2.88. The van der Waals surface area contributed by atoms with Crippen molar-refractivity contribution in [2.75, 3.05) is 19.0 Å².